The summed E-state index contributed by atoms with van der Waals surface area (Å²) in [6, 6.07) is 7.61. The van der Waals surface area contributed by atoms with Gasteiger partial charge in [0.05, 0.1) is 13.0 Å². The standard InChI is InChI=1S/C16H21NO2/c1-4-11-17(12-5-2)16(18)13-14-7-9-15(10-8-14)19-6-3/h4-5,7-10H,1-2,6,11-13H2,3H3. The minimum absolute atomic E-state index is 0.0731. The lowest BCUT2D eigenvalue weighted by atomic mass is 10.1. The zero-order chi connectivity index (χ0) is 14.1. The Morgan fingerprint density at radius 2 is 1.79 bits per heavy atom. The molecule has 1 amide bonds. The fraction of sp³-hybridized carbons (Fsp3) is 0.312. The first-order valence-electron chi connectivity index (χ1n) is 6.42. The van der Waals surface area contributed by atoms with Gasteiger partial charge in [-0.05, 0) is 24.6 Å². The minimum atomic E-state index is 0.0731. The zero-order valence-electron chi connectivity index (χ0n) is 11.5. The molecule has 0 N–H and O–H groups in total. The predicted octanol–water partition coefficient (Wildman–Crippen LogP) is 2.83. The van der Waals surface area contributed by atoms with E-state index in [2.05, 4.69) is 13.2 Å². The highest BCUT2D eigenvalue weighted by Crippen LogP contribution is 2.13. The maximum absolute atomic E-state index is 12.1. The number of amides is 1. The van der Waals surface area contributed by atoms with Crippen molar-refractivity contribution in [3.8, 4) is 5.75 Å². The third-order valence-electron chi connectivity index (χ3n) is 2.64. The van der Waals surface area contributed by atoms with Crippen molar-refractivity contribution in [1.29, 1.82) is 0 Å². The van der Waals surface area contributed by atoms with E-state index in [4.69, 9.17) is 4.74 Å². The quantitative estimate of drug-likeness (QED) is 0.672. The maximum atomic E-state index is 12.1. The van der Waals surface area contributed by atoms with Crippen molar-refractivity contribution in [2.24, 2.45) is 0 Å². The van der Waals surface area contributed by atoms with Crippen molar-refractivity contribution in [1.82, 2.24) is 4.90 Å². The second-order valence-corrected chi connectivity index (χ2v) is 4.13. The monoisotopic (exact) mass is 259 g/mol. The van der Waals surface area contributed by atoms with Crippen LogP contribution in [0.4, 0.5) is 0 Å². The molecule has 0 aliphatic rings. The van der Waals surface area contributed by atoms with Gasteiger partial charge in [-0.25, -0.2) is 0 Å². The Kier molecular flexibility index (Phi) is 6.44. The Balaban J connectivity index is 2.63. The van der Waals surface area contributed by atoms with E-state index in [0.29, 0.717) is 26.1 Å². The van der Waals surface area contributed by atoms with Gasteiger partial charge in [0.1, 0.15) is 5.75 Å². The first kappa shape index (κ1) is 15.0. The van der Waals surface area contributed by atoms with Crippen LogP contribution in [0, 0.1) is 0 Å². The maximum Gasteiger partial charge on any atom is 0.227 e. The number of carbonyl (C=O) groups is 1. The van der Waals surface area contributed by atoms with E-state index in [1.807, 2.05) is 31.2 Å². The zero-order valence-corrected chi connectivity index (χ0v) is 11.5. The van der Waals surface area contributed by atoms with Gasteiger partial charge in [0.2, 0.25) is 5.91 Å². The van der Waals surface area contributed by atoms with Gasteiger partial charge < -0.3 is 9.64 Å². The highest BCUT2D eigenvalue weighted by atomic mass is 16.5. The Bertz CT molecular complexity index is 413. The van der Waals surface area contributed by atoms with E-state index < -0.39 is 0 Å². The van der Waals surface area contributed by atoms with Crippen LogP contribution in [-0.4, -0.2) is 30.5 Å². The number of ether oxygens (including phenoxy) is 1. The van der Waals surface area contributed by atoms with Crippen molar-refractivity contribution in [2.75, 3.05) is 19.7 Å². The summed E-state index contributed by atoms with van der Waals surface area (Å²) in [4.78, 5) is 13.8. The van der Waals surface area contributed by atoms with Gasteiger partial charge in [0.25, 0.3) is 0 Å². The molecule has 1 aromatic carbocycles. The number of hydrogen-bond donors (Lipinski definition) is 0. The molecular formula is C16H21NO2. The molecule has 0 aliphatic carbocycles. The molecule has 0 fully saturated rings. The molecule has 0 saturated carbocycles. The molecule has 0 atom stereocenters. The molecule has 1 rings (SSSR count). The third kappa shape index (κ3) is 5.00. The number of rotatable bonds is 8. The van der Waals surface area contributed by atoms with E-state index in [-0.39, 0.29) is 5.91 Å². The molecular weight excluding hydrogens is 238 g/mol. The Labute approximate surface area is 115 Å². The van der Waals surface area contributed by atoms with Gasteiger partial charge in [0.15, 0.2) is 0 Å². The molecule has 1 aromatic rings. The van der Waals surface area contributed by atoms with Crippen molar-refractivity contribution < 1.29 is 9.53 Å². The first-order valence-corrected chi connectivity index (χ1v) is 6.42. The molecule has 0 spiro atoms. The molecule has 3 nitrogen and oxygen atoms in total. The number of hydrogen-bond acceptors (Lipinski definition) is 2. The van der Waals surface area contributed by atoms with Gasteiger partial charge in [-0.2, -0.15) is 0 Å². The number of benzene rings is 1. The largest absolute Gasteiger partial charge is 0.494 e. The van der Waals surface area contributed by atoms with Crippen LogP contribution in [0.2, 0.25) is 0 Å². The molecule has 0 unspecified atom stereocenters. The Hall–Kier alpha value is -2.03. The first-order chi connectivity index (χ1) is 9.21. The summed E-state index contributed by atoms with van der Waals surface area (Å²) in [5, 5.41) is 0. The van der Waals surface area contributed by atoms with Crippen LogP contribution < -0.4 is 4.74 Å². The summed E-state index contributed by atoms with van der Waals surface area (Å²) in [6.45, 7) is 11.0. The lowest BCUT2D eigenvalue weighted by Crippen LogP contribution is -2.32. The SMILES string of the molecule is C=CCN(CC=C)C(=O)Cc1ccc(OCC)cc1. The van der Waals surface area contributed by atoms with Crippen LogP contribution in [0.3, 0.4) is 0 Å². The minimum Gasteiger partial charge on any atom is -0.494 e. The normalized spacial score (nSPS) is 9.74. The molecule has 0 saturated heterocycles. The molecule has 3 heteroatoms. The summed E-state index contributed by atoms with van der Waals surface area (Å²) >= 11 is 0. The van der Waals surface area contributed by atoms with Crippen LogP contribution in [0.15, 0.2) is 49.6 Å². The van der Waals surface area contributed by atoms with Crippen molar-refractivity contribution >= 4 is 5.91 Å². The molecule has 0 heterocycles. The van der Waals surface area contributed by atoms with E-state index in [0.717, 1.165) is 11.3 Å². The van der Waals surface area contributed by atoms with Crippen molar-refractivity contribution in [2.45, 2.75) is 13.3 Å². The van der Waals surface area contributed by atoms with Gasteiger partial charge in [-0.1, -0.05) is 24.3 Å². The molecule has 102 valence electrons. The van der Waals surface area contributed by atoms with Crippen LogP contribution in [-0.2, 0) is 11.2 Å². The average Bonchev–Trinajstić information content (AvgIpc) is 2.41. The van der Waals surface area contributed by atoms with Gasteiger partial charge in [-0.15, -0.1) is 13.2 Å². The summed E-state index contributed by atoms with van der Waals surface area (Å²) in [5.74, 6) is 0.900. The van der Waals surface area contributed by atoms with Gasteiger partial charge in [-0.3, -0.25) is 4.79 Å². The molecule has 0 bridgehead atoms. The van der Waals surface area contributed by atoms with Crippen molar-refractivity contribution in [3.63, 3.8) is 0 Å². The lowest BCUT2D eigenvalue weighted by Gasteiger charge is -2.19. The van der Waals surface area contributed by atoms with Crippen LogP contribution >= 0.6 is 0 Å². The fourth-order valence-corrected chi connectivity index (χ4v) is 1.75. The molecule has 19 heavy (non-hydrogen) atoms. The molecule has 0 aromatic heterocycles. The smallest absolute Gasteiger partial charge is 0.227 e. The molecule has 0 aliphatic heterocycles. The van der Waals surface area contributed by atoms with E-state index in [9.17, 15) is 4.79 Å². The summed E-state index contributed by atoms with van der Waals surface area (Å²) in [7, 11) is 0. The summed E-state index contributed by atoms with van der Waals surface area (Å²) in [6.07, 6.45) is 3.83. The topological polar surface area (TPSA) is 29.5 Å². The average molecular weight is 259 g/mol. The Morgan fingerprint density at radius 1 is 1.21 bits per heavy atom. The highest BCUT2D eigenvalue weighted by molar-refractivity contribution is 5.79. The molecule has 0 radical (unpaired) electrons. The second kappa shape index (κ2) is 8.14. The van der Waals surface area contributed by atoms with Gasteiger partial charge in [0, 0.05) is 13.1 Å². The van der Waals surface area contributed by atoms with Crippen LogP contribution in [0.1, 0.15) is 12.5 Å². The Morgan fingerprint density at radius 3 is 2.26 bits per heavy atom. The highest BCUT2D eigenvalue weighted by Gasteiger charge is 2.11. The van der Waals surface area contributed by atoms with E-state index in [1.54, 1.807) is 17.1 Å². The third-order valence-corrected chi connectivity index (χ3v) is 2.64. The second-order valence-electron chi connectivity index (χ2n) is 4.13. The van der Waals surface area contributed by atoms with Crippen LogP contribution in [0.5, 0.6) is 5.75 Å². The van der Waals surface area contributed by atoms with E-state index in [1.165, 1.54) is 0 Å². The lowest BCUT2D eigenvalue weighted by molar-refractivity contribution is -0.129. The van der Waals surface area contributed by atoms with Crippen LogP contribution in [0.25, 0.3) is 0 Å². The van der Waals surface area contributed by atoms with Gasteiger partial charge >= 0.3 is 0 Å². The number of carbonyl (C=O) groups excluding carboxylic acids is 1. The summed E-state index contributed by atoms with van der Waals surface area (Å²) in [5.41, 5.74) is 0.978. The predicted molar refractivity (Wildman–Crippen MR) is 78.3 cm³/mol. The van der Waals surface area contributed by atoms with Crippen molar-refractivity contribution in [3.05, 3.63) is 55.1 Å². The summed E-state index contributed by atoms with van der Waals surface area (Å²) < 4.78 is 5.37. The number of nitrogens with zero attached hydrogens (tertiary/aromatic N) is 1. The van der Waals surface area contributed by atoms with E-state index >= 15 is 0 Å². The fourth-order valence-electron chi connectivity index (χ4n) is 1.75.